The van der Waals surface area contributed by atoms with E-state index < -0.39 is 0 Å². The van der Waals surface area contributed by atoms with Crippen LogP contribution in [0.5, 0.6) is 0 Å². The van der Waals surface area contributed by atoms with Crippen LogP contribution < -0.4 is 16.0 Å². The third-order valence-corrected chi connectivity index (χ3v) is 2.68. The number of nitrogen functional groups attached to an aromatic ring is 1. The molecule has 0 amide bonds. The highest BCUT2D eigenvalue weighted by atomic mass is 15.3. The van der Waals surface area contributed by atoms with Crippen LogP contribution in [-0.2, 0) is 0 Å². The molecule has 0 spiro atoms. The third kappa shape index (κ3) is 3.72. The number of nitrogens with one attached hydrogen (secondary N) is 1. The molecule has 0 fully saturated rings. The molecule has 1 unspecified atom stereocenters. The average molecular weight is 238 g/mol. The average Bonchev–Trinajstić information content (AvgIpc) is 2.29. The molecule has 17 heavy (non-hydrogen) atoms. The van der Waals surface area contributed by atoms with Crippen molar-refractivity contribution in [1.29, 1.82) is 0 Å². The Morgan fingerprint density at radius 3 is 2.35 bits per heavy atom. The molecule has 0 saturated heterocycles. The van der Waals surface area contributed by atoms with Crippen molar-refractivity contribution in [3.63, 3.8) is 0 Å². The summed E-state index contributed by atoms with van der Waals surface area (Å²) in [4.78, 5) is 14.7. The molecule has 0 saturated carbocycles. The zero-order valence-electron chi connectivity index (χ0n) is 11.1. The molecule has 3 N–H and O–H groups in total. The van der Waals surface area contributed by atoms with E-state index in [-0.39, 0.29) is 5.95 Å². The minimum absolute atomic E-state index is 0.257. The normalized spacial score (nSPS) is 12.2. The van der Waals surface area contributed by atoms with E-state index in [4.69, 9.17) is 5.73 Å². The Labute approximate surface area is 103 Å². The standard InChI is InChI=1S/C11H22N6/c1-5-8(4)13-10-14-9(12)15-11(16-10)17(6-2)7-3/h8H,5-7H2,1-4H3,(H3,12,13,14,15,16). The summed E-state index contributed by atoms with van der Waals surface area (Å²) in [7, 11) is 0. The van der Waals surface area contributed by atoms with Crippen molar-refractivity contribution in [3.8, 4) is 0 Å². The van der Waals surface area contributed by atoms with Crippen molar-refractivity contribution in [2.24, 2.45) is 0 Å². The van der Waals surface area contributed by atoms with Gasteiger partial charge in [0, 0.05) is 19.1 Å². The van der Waals surface area contributed by atoms with Crippen LogP contribution in [0.2, 0.25) is 0 Å². The molecule has 1 heterocycles. The van der Waals surface area contributed by atoms with Crippen molar-refractivity contribution in [2.75, 3.05) is 29.0 Å². The van der Waals surface area contributed by atoms with Crippen LogP contribution in [0, 0.1) is 0 Å². The topological polar surface area (TPSA) is 80.0 Å². The van der Waals surface area contributed by atoms with E-state index in [9.17, 15) is 0 Å². The van der Waals surface area contributed by atoms with E-state index in [1.54, 1.807) is 0 Å². The Kier molecular flexibility index (Phi) is 4.93. The highest BCUT2D eigenvalue weighted by Gasteiger charge is 2.10. The van der Waals surface area contributed by atoms with Gasteiger partial charge in [-0.2, -0.15) is 15.0 Å². The lowest BCUT2D eigenvalue weighted by molar-refractivity contribution is 0.746. The van der Waals surface area contributed by atoms with Gasteiger partial charge in [-0.3, -0.25) is 0 Å². The third-order valence-electron chi connectivity index (χ3n) is 2.68. The molecule has 0 aromatic carbocycles. The second-order valence-corrected chi connectivity index (χ2v) is 3.94. The van der Waals surface area contributed by atoms with E-state index >= 15 is 0 Å². The van der Waals surface area contributed by atoms with Gasteiger partial charge in [0.05, 0.1) is 0 Å². The molecule has 1 rings (SSSR count). The van der Waals surface area contributed by atoms with Crippen LogP contribution in [0.1, 0.15) is 34.1 Å². The Hall–Kier alpha value is -1.59. The monoisotopic (exact) mass is 238 g/mol. The Morgan fingerprint density at radius 1 is 1.18 bits per heavy atom. The fourth-order valence-corrected chi connectivity index (χ4v) is 1.42. The summed E-state index contributed by atoms with van der Waals surface area (Å²) in [6.45, 7) is 10.0. The van der Waals surface area contributed by atoms with Crippen LogP contribution in [0.15, 0.2) is 0 Å². The lowest BCUT2D eigenvalue weighted by Crippen LogP contribution is -2.26. The van der Waals surface area contributed by atoms with Crippen molar-refractivity contribution >= 4 is 17.8 Å². The molecule has 0 aliphatic carbocycles. The van der Waals surface area contributed by atoms with Gasteiger partial charge in [-0.25, -0.2) is 0 Å². The second-order valence-electron chi connectivity index (χ2n) is 3.94. The molecule has 0 radical (unpaired) electrons. The minimum atomic E-state index is 0.257. The molecule has 0 bridgehead atoms. The predicted molar refractivity (Wildman–Crippen MR) is 71.2 cm³/mol. The number of nitrogens with two attached hydrogens (primary N) is 1. The lowest BCUT2D eigenvalue weighted by atomic mass is 10.3. The van der Waals surface area contributed by atoms with Crippen molar-refractivity contribution in [1.82, 2.24) is 15.0 Å². The fourth-order valence-electron chi connectivity index (χ4n) is 1.42. The summed E-state index contributed by atoms with van der Waals surface area (Å²) in [5.74, 6) is 1.44. The molecular weight excluding hydrogens is 216 g/mol. The first kappa shape index (κ1) is 13.5. The summed E-state index contributed by atoms with van der Waals surface area (Å²) in [5.41, 5.74) is 5.69. The van der Waals surface area contributed by atoms with Crippen molar-refractivity contribution in [3.05, 3.63) is 0 Å². The smallest absolute Gasteiger partial charge is 0.231 e. The summed E-state index contributed by atoms with van der Waals surface area (Å²) < 4.78 is 0. The number of aromatic nitrogens is 3. The first-order valence-corrected chi connectivity index (χ1v) is 6.13. The van der Waals surface area contributed by atoms with E-state index in [0.717, 1.165) is 19.5 Å². The van der Waals surface area contributed by atoms with Gasteiger partial charge in [-0.05, 0) is 27.2 Å². The minimum Gasteiger partial charge on any atom is -0.368 e. The number of hydrogen-bond acceptors (Lipinski definition) is 6. The highest BCUT2D eigenvalue weighted by molar-refractivity contribution is 5.42. The van der Waals surface area contributed by atoms with Gasteiger partial charge >= 0.3 is 0 Å². The van der Waals surface area contributed by atoms with Crippen molar-refractivity contribution in [2.45, 2.75) is 40.2 Å². The zero-order chi connectivity index (χ0) is 12.8. The zero-order valence-corrected chi connectivity index (χ0v) is 11.1. The summed E-state index contributed by atoms with van der Waals surface area (Å²) in [5, 5.41) is 3.21. The van der Waals surface area contributed by atoms with Gasteiger partial charge in [-0.15, -0.1) is 0 Å². The quantitative estimate of drug-likeness (QED) is 0.782. The van der Waals surface area contributed by atoms with E-state index in [1.165, 1.54) is 0 Å². The summed E-state index contributed by atoms with van der Waals surface area (Å²) >= 11 is 0. The molecule has 6 nitrogen and oxygen atoms in total. The number of anilines is 3. The summed E-state index contributed by atoms with van der Waals surface area (Å²) in [6.07, 6.45) is 1.01. The van der Waals surface area contributed by atoms with E-state index in [0.29, 0.717) is 17.9 Å². The number of rotatable bonds is 6. The second kappa shape index (κ2) is 6.22. The molecule has 1 aromatic rings. The maximum Gasteiger partial charge on any atom is 0.231 e. The number of hydrogen-bond donors (Lipinski definition) is 2. The van der Waals surface area contributed by atoms with Crippen LogP contribution >= 0.6 is 0 Å². The van der Waals surface area contributed by atoms with Crippen LogP contribution in [0.25, 0.3) is 0 Å². The van der Waals surface area contributed by atoms with Crippen LogP contribution in [0.4, 0.5) is 17.8 Å². The van der Waals surface area contributed by atoms with Crippen LogP contribution in [0.3, 0.4) is 0 Å². The van der Waals surface area contributed by atoms with Gasteiger partial charge < -0.3 is 16.0 Å². The number of nitrogens with zero attached hydrogens (tertiary/aromatic N) is 4. The SMILES string of the molecule is CCC(C)Nc1nc(N)nc(N(CC)CC)n1. The van der Waals surface area contributed by atoms with Gasteiger partial charge in [0.15, 0.2) is 0 Å². The maximum absolute atomic E-state index is 5.69. The first-order chi connectivity index (χ1) is 8.10. The fraction of sp³-hybridized carbons (Fsp3) is 0.727. The predicted octanol–water partition coefficient (Wildman–Crippen LogP) is 1.51. The van der Waals surface area contributed by atoms with Crippen molar-refractivity contribution < 1.29 is 0 Å². The maximum atomic E-state index is 5.69. The molecular formula is C11H22N6. The molecule has 0 aliphatic heterocycles. The van der Waals surface area contributed by atoms with E-state index in [2.05, 4.69) is 48.0 Å². The molecule has 96 valence electrons. The molecule has 0 aliphatic rings. The van der Waals surface area contributed by atoms with Gasteiger partial charge in [0.25, 0.3) is 0 Å². The Morgan fingerprint density at radius 2 is 1.82 bits per heavy atom. The van der Waals surface area contributed by atoms with Gasteiger partial charge in [0.1, 0.15) is 0 Å². The van der Waals surface area contributed by atoms with Gasteiger partial charge in [0.2, 0.25) is 17.8 Å². The molecule has 1 aromatic heterocycles. The summed E-state index contributed by atoms with van der Waals surface area (Å²) in [6, 6.07) is 0.321. The largest absolute Gasteiger partial charge is 0.368 e. The van der Waals surface area contributed by atoms with Gasteiger partial charge in [-0.1, -0.05) is 6.92 Å². The van der Waals surface area contributed by atoms with Crippen LogP contribution in [-0.4, -0.2) is 34.1 Å². The first-order valence-electron chi connectivity index (χ1n) is 6.13. The molecule has 6 heteroatoms. The Balaban J connectivity index is 2.93. The molecule has 1 atom stereocenters. The highest BCUT2D eigenvalue weighted by Crippen LogP contribution is 2.12. The van der Waals surface area contributed by atoms with E-state index in [1.807, 2.05) is 4.90 Å². The lowest BCUT2D eigenvalue weighted by Gasteiger charge is -2.19. The Bertz CT molecular complexity index is 350.